The number of rotatable bonds is 4. The van der Waals surface area contributed by atoms with Crippen LogP contribution in [-0.2, 0) is 4.79 Å². The number of hydrogen-bond donors (Lipinski definition) is 3. The van der Waals surface area contributed by atoms with Gasteiger partial charge in [-0.15, -0.1) is 0 Å². The lowest BCUT2D eigenvalue weighted by molar-refractivity contribution is -0.124. The van der Waals surface area contributed by atoms with Gasteiger partial charge in [-0.3, -0.25) is 4.79 Å². The van der Waals surface area contributed by atoms with Crippen molar-refractivity contribution < 1.29 is 9.90 Å². The van der Waals surface area contributed by atoms with Crippen molar-refractivity contribution in [2.75, 3.05) is 6.61 Å². The summed E-state index contributed by atoms with van der Waals surface area (Å²) < 4.78 is 0. The second kappa shape index (κ2) is 5.12. The molecule has 3 atom stereocenters. The molecule has 0 spiro atoms. The van der Waals surface area contributed by atoms with Gasteiger partial charge >= 0.3 is 0 Å². The van der Waals surface area contributed by atoms with Crippen LogP contribution in [0.3, 0.4) is 0 Å². The average Bonchev–Trinajstić information content (AvgIpc) is 2.61. The van der Waals surface area contributed by atoms with Crippen LogP contribution in [0.25, 0.3) is 0 Å². The van der Waals surface area contributed by atoms with E-state index in [1.54, 1.807) is 0 Å². The number of hydrogen-bond acceptors (Lipinski definition) is 3. The minimum absolute atomic E-state index is 0.0000435. The highest BCUT2D eigenvalue weighted by Crippen LogP contribution is 2.16. The summed E-state index contributed by atoms with van der Waals surface area (Å²) in [5, 5.41) is 11.7. The Morgan fingerprint density at radius 3 is 2.86 bits per heavy atom. The highest BCUT2D eigenvalue weighted by molar-refractivity contribution is 5.81. The molecule has 4 N–H and O–H groups in total. The fraction of sp³-hybridized carbons (Fsp3) is 0.700. The summed E-state index contributed by atoms with van der Waals surface area (Å²) in [7, 11) is 0. The van der Waals surface area contributed by atoms with E-state index < -0.39 is 0 Å². The lowest BCUT2D eigenvalue weighted by Gasteiger charge is -2.16. The third-order valence-electron chi connectivity index (χ3n) is 2.51. The van der Waals surface area contributed by atoms with Crippen LogP contribution in [0.5, 0.6) is 0 Å². The molecular weight excluding hydrogens is 180 g/mol. The van der Waals surface area contributed by atoms with Gasteiger partial charge in [-0.25, -0.2) is 0 Å². The van der Waals surface area contributed by atoms with Gasteiger partial charge in [-0.05, 0) is 12.8 Å². The molecule has 2 unspecified atom stereocenters. The maximum absolute atomic E-state index is 11.6. The Balaban J connectivity index is 2.39. The zero-order valence-corrected chi connectivity index (χ0v) is 8.44. The molecule has 0 aromatic rings. The minimum atomic E-state index is -0.132. The molecule has 0 bridgehead atoms. The Morgan fingerprint density at radius 1 is 1.71 bits per heavy atom. The molecule has 0 fully saturated rings. The lowest BCUT2D eigenvalue weighted by atomic mass is 10.1. The van der Waals surface area contributed by atoms with E-state index in [9.17, 15) is 4.79 Å². The summed E-state index contributed by atoms with van der Waals surface area (Å²) in [5.74, 6) is -0.152. The number of nitrogens with one attached hydrogen (secondary N) is 1. The van der Waals surface area contributed by atoms with Crippen LogP contribution in [0.15, 0.2) is 12.2 Å². The van der Waals surface area contributed by atoms with E-state index in [-0.39, 0.29) is 30.5 Å². The number of amides is 1. The van der Waals surface area contributed by atoms with E-state index in [1.807, 2.05) is 19.1 Å². The van der Waals surface area contributed by atoms with Crippen molar-refractivity contribution in [3.05, 3.63) is 12.2 Å². The monoisotopic (exact) mass is 198 g/mol. The molecule has 1 aliphatic rings. The lowest BCUT2D eigenvalue weighted by Crippen LogP contribution is -2.40. The summed E-state index contributed by atoms with van der Waals surface area (Å²) in [5.41, 5.74) is 5.64. The highest BCUT2D eigenvalue weighted by Gasteiger charge is 2.23. The zero-order valence-electron chi connectivity index (χ0n) is 8.44. The van der Waals surface area contributed by atoms with E-state index in [4.69, 9.17) is 10.8 Å². The van der Waals surface area contributed by atoms with Crippen molar-refractivity contribution >= 4 is 5.91 Å². The first-order chi connectivity index (χ1) is 6.67. The molecule has 1 rings (SSSR count). The molecule has 0 aromatic heterocycles. The van der Waals surface area contributed by atoms with E-state index in [0.717, 1.165) is 6.42 Å². The fourth-order valence-corrected chi connectivity index (χ4v) is 1.51. The minimum Gasteiger partial charge on any atom is -0.394 e. The molecule has 0 aromatic carbocycles. The standard InChI is InChI=1S/C10H18N2O2/c1-2-9(6-13)12-10(14)7-3-4-8(11)5-7/h3-4,7-9,13H,2,5-6,11H2,1H3,(H,12,14)/t7?,8?,9-/m1/s1. The van der Waals surface area contributed by atoms with Gasteiger partial charge < -0.3 is 16.2 Å². The first-order valence-electron chi connectivity index (χ1n) is 5.02. The maximum Gasteiger partial charge on any atom is 0.227 e. The van der Waals surface area contributed by atoms with Crippen LogP contribution < -0.4 is 11.1 Å². The topological polar surface area (TPSA) is 75.3 Å². The molecular formula is C10H18N2O2. The smallest absolute Gasteiger partial charge is 0.227 e. The molecule has 80 valence electrons. The van der Waals surface area contributed by atoms with Crippen LogP contribution in [0, 0.1) is 5.92 Å². The van der Waals surface area contributed by atoms with Gasteiger partial charge in [-0.1, -0.05) is 19.1 Å². The molecule has 1 amide bonds. The predicted octanol–water partition coefficient (Wildman–Crippen LogP) is -0.223. The summed E-state index contributed by atoms with van der Waals surface area (Å²) in [6.07, 6.45) is 5.10. The van der Waals surface area contributed by atoms with Gasteiger partial charge in [0.25, 0.3) is 0 Å². The van der Waals surface area contributed by atoms with Crippen molar-refractivity contribution in [3.63, 3.8) is 0 Å². The Bertz CT molecular complexity index is 224. The molecule has 4 nitrogen and oxygen atoms in total. The average molecular weight is 198 g/mol. The van der Waals surface area contributed by atoms with Crippen LogP contribution in [0.1, 0.15) is 19.8 Å². The van der Waals surface area contributed by atoms with Crippen LogP contribution in [0.2, 0.25) is 0 Å². The fourth-order valence-electron chi connectivity index (χ4n) is 1.51. The van der Waals surface area contributed by atoms with Crippen molar-refractivity contribution in [2.45, 2.75) is 31.8 Å². The number of nitrogens with two attached hydrogens (primary N) is 1. The SMILES string of the molecule is CC[C@H](CO)NC(=O)C1C=CC(N)C1. The number of carbonyl (C=O) groups is 1. The van der Waals surface area contributed by atoms with Crippen molar-refractivity contribution in [2.24, 2.45) is 11.7 Å². The Labute approximate surface area is 84.2 Å². The maximum atomic E-state index is 11.6. The second-order valence-corrected chi connectivity index (χ2v) is 3.69. The number of aliphatic hydroxyl groups is 1. The summed E-state index contributed by atoms with van der Waals surface area (Å²) in [4.78, 5) is 11.6. The van der Waals surface area contributed by atoms with Crippen LogP contribution >= 0.6 is 0 Å². The Hall–Kier alpha value is -0.870. The summed E-state index contributed by atoms with van der Waals surface area (Å²) >= 11 is 0. The molecule has 14 heavy (non-hydrogen) atoms. The molecule has 1 aliphatic carbocycles. The molecule has 0 heterocycles. The number of carbonyl (C=O) groups excluding carboxylic acids is 1. The first-order valence-corrected chi connectivity index (χ1v) is 5.02. The van der Waals surface area contributed by atoms with Gasteiger partial charge in [0.15, 0.2) is 0 Å². The highest BCUT2D eigenvalue weighted by atomic mass is 16.3. The Kier molecular flexibility index (Phi) is 4.10. The molecule has 4 heteroatoms. The van der Waals surface area contributed by atoms with Gasteiger partial charge in [-0.2, -0.15) is 0 Å². The Morgan fingerprint density at radius 2 is 2.43 bits per heavy atom. The second-order valence-electron chi connectivity index (χ2n) is 3.69. The zero-order chi connectivity index (χ0) is 10.6. The molecule has 0 saturated heterocycles. The van der Waals surface area contributed by atoms with Gasteiger partial charge in [0.1, 0.15) is 0 Å². The summed E-state index contributed by atoms with van der Waals surface area (Å²) in [6, 6.07) is -0.132. The van der Waals surface area contributed by atoms with E-state index in [2.05, 4.69) is 5.32 Å². The van der Waals surface area contributed by atoms with Crippen LogP contribution in [0.4, 0.5) is 0 Å². The number of aliphatic hydroxyl groups excluding tert-OH is 1. The van der Waals surface area contributed by atoms with Crippen molar-refractivity contribution in [1.82, 2.24) is 5.32 Å². The van der Waals surface area contributed by atoms with E-state index >= 15 is 0 Å². The molecule has 0 saturated carbocycles. The molecule has 0 aliphatic heterocycles. The third-order valence-corrected chi connectivity index (χ3v) is 2.51. The third kappa shape index (κ3) is 2.82. The van der Waals surface area contributed by atoms with Gasteiger partial charge in [0.2, 0.25) is 5.91 Å². The van der Waals surface area contributed by atoms with Gasteiger partial charge in [0, 0.05) is 6.04 Å². The van der Waals surface area contributed by atoms with E-state index in [0.29, 0.717) is 6.42 Å². The largest absolute Gasteiger partial charge is 0.394 e. The summed E-state index contributed by atoms with van der Waals surface area (Å²) in [6.45, 7) is 1.92. The first kappa shape index (κ1) is 11.2. The quantitative estimate of drug-likeness (QED) is 0.546. The van der Waals surface area contributed by atoms with Crippen LogP contribution in [-0.4, -0.2) is 29.7 Å². The van der Waals surface area contributed by atoms with E-state index in [1.165, 1.54) is 0 Å². The van der Waals surface area contributed by atoms with Crippen molar-refractivity contribution in [3.8, 4) is 0 Å². The predicted molar refractivity (Wildman–Crippen MR) is 54.5 cm³/mol. The van der Waals surface area contributed by atoms with Crippen molar-refractivity contribution in [1.29, 1.82) is 0 Å². The normalized spacial score (nSPS) is 27.6. The molecule has 0 radical (unpaired) electrons. The van der Waals surface area contributed by atoms with Gasteiger partial charge in [0.05, 0.1) is 18.6 Å².